The topological polar surface area (TPSA) is 26.3 Å². The van der Waals surface area contributed by atoms with Crippen LogP contribution in [0.25, 0.3) is 33.3 Å². The van der Waals surface area contributed by atoms with E-state index in [0.29, 0.717) is 0 Å². The van der Waals surface area contributed by atoms with Crippen LogP contribution < -0.4 is 0 Å². The van der Waals surface area contributed by atoms with Crippen molar-refractivity contribution in [1.29, 1.82) is 0 Å². The van der Waals surface area contributed by atoms with Gasteiger partial charge in [-0.15, -0.1) is 0 Å². The Labute approximate surface area is 103 Å². The second-order valence-electron chi connectivity index (χ2n) is 4.21. The minimum atomic E-state index is 0.858. The number of hydrogen-bond donors (Lipinski definition) is 0. The van der Waals surface area contributed by atoms with E-state index in [2.05, 4.69) is 6.07 Å². The van der Waals surface area contributed by atoms with Gasteiger partial charge in [0.25, 0.3) is 0 Å². The van der Waals surface area contributed by atoms with E-state index in [1.807, 2.05) is 48.5 Å². The molecule has 0 saturated carbocycles. The Bertz CT molecular complexity index is 803. The third-order valence-corrected chi connectivity index (χ3v) is 3.12. The molecule has 4 aromatic rings. The number of rotatable bonds is 1. The summed E-state index contributed by atoms with van der Waals surface area (Å²) in [7, 11) is 0. The van der Waals surface area contributed by atoms with Gasteiger partial charge in [0.05, 0.1) is 6.26 Å². The van der Waals surface area contributed by atoms with Crippen LogP contribution in [0.4, 0.5) is 0 Å². The van der Waals surface area contributed by atoms with Crippen LogP contribution in [-0.4, -0.2) is 0 Å². The maximum absolute atomic E-state index is 5.87. The van der Waals surface area contributed by atoms with Crippen molar-refractivity contribution >= 4 is 21.9 Å². The lowest BCUT2D eigenvalue weighted by Gasteiger charge is -1.97. The third kappa shape index (κ3) is 1.29. The van der Waals surface area contributed by atoms with E-state index in [1.165, 1.54) is 0 Å². The van der Waals surface area contributed by atoms with E-state index in [1.54, 1.807) is 6.26 Å². The molecular formula is C16H9O2. The van der Waals surface area contributed by atoms with Crippen molar-refractivity contribution in [3.63, 3.8) is 0 Å². The minimum Gasteiger partial charge on any atom is -0.464 e. The molecule has 85 valence electrons. The summed E-state index contributed by atoms with van der Waals surface area (Å²) >= 11 is 0. The number of fused-ring (bicyclic) bond motifs is 2. The average molecular weight is 233 g/mol. The Kier molecular flexibility index (Phi) is 1.86. The maximum Gasteiger partial charge on any atom is 0.136 e. The Balaban J connectivity index is 2.04. The van der Waals surface area contributed by atoms with Crippen LogP contribution in [0.5, 0.6) is 0 Å². The van der Waals surface area contributed by atoms with E-state index in [-0.39, 0.29) is 0 Å². The predicted octanol–water partition coefficient (Wildman–Crippen LogP) is 4.65. The molecule has 4 rings (SSSR count). The highest BCUT2D eigenvalue weighted by Crippen LogP contribution is 2.33. The van der Waals surface area contributed by atoms with Gasteiger partial charge in [-0.05, 0) is 36.4 Å². The first-order valence-electron chi connectivity index (χ1n) is 5.78. The van der Waals surface area contributed by atoms with Gasteiger partial charge in [-0.2, -0.15) is 0 Å². The summed E-state index contributed by atoms with van der Waals surface area (Å²) < 4.78 is 11.3. The van der Waals surface area contributed by atoms with Gasteiger partial charge in [0.1, 0.15) is 16.9 Å². The SMILES string of the molecule is [c]1ccc2oc(-c3cccc4occc34)cc2c1. The Morgan fingerprint density at radius 2 is 2.00 bits per heavy atom. The summed E-state index contributed by atoms with van der Waals surface area (Å²) in [6.45, 7) is 0. The lowest BCUT2D eigenvalue weighted by molar-refractivity contribution is 0.615. The summed E-state index contributed by atoms with van der Waals surface area (Å²) in [6.07, 6.45) is 1.70. The van der Waals surface area contributed by atoms with Gasteiger partial charge in [-0.25, -0.2) is 0 Å². The highest BCUT2D eigenvalue weighted by Gasteiger charge is 2.10. The summed E-state index contributed by atoms with van der Waals surface area (Å²) in [4.78, 5) is 0. The largest absolute Gasteiger partial charge is 0.464 e. The zero-order chi connectivity index (χ0) is 11.9. The first-order chi connectivity index (χ1) is 8.92. The van der Waals surface area contributed by atoms with Gasteiger partial charge >= 0.3 is 0 Å². The van der Waals surface area contributed by atoms with Crippen LogP contribution in [0.3, 0.4) is 0 Å². The number of benzene rings is 2. The van der Waals surface area contributed by atoms with Crippen LogP contribution >= 0.6 is 0 Å². The number of hydrogen-bond acceptors (Lipinski definition) is 2. The molecule has 0 N–H and O–H groups in total. The van der Waals surface area contributed by atoms with Gasteiger partial charge in [-0.3, -0.25) is 0 Å². The molecule has 2 heteroatoms. The second kappa shape index (κ2) is 3.50. The van der Waals surface area contributed by atoms with E-state index in [9.17, 15) is 0 Å². The first kappa shape index (κ1) is 9.54. The van der Waals surface area contributed by atoms with Crippen molar-refractivity contribution < 1.29 is 8.83 Å². The third-order valence-electron chi connectivity index (χ3n) is 3.12. The molecule has 0 bridgehead atoms. The molecule has 0 saturated heterocycles. The zero-order valence-corrected chi connectivity index (χ0v) is 9.51. The molecule has 0 amide bonds. The monoisotopic (exact) mass is 233 g/mol. The molecule has 18 heavy (non-hydrogen) atoms. The molecule has 0 fully saturated rings. The van der Waals surface area contributed by atoms with Crippen LogP contribution in [0.1, 0.15) is 0 Å². The normalized spacial score (nSPS) is 11.3. The standard InChI is InChI=1S/C16H9O2/c1-2-6-14-11(4-1)10-16(18-14)12-5-3-7-15-13(12)8-9-17-15/h2-10H. The summed E-state index contributed by atoms with van der Waals surface area (Å²) in [6, 6.07) is 18.7. The molecule has 2 nitrogen and oxygen atoms in total. The molecule has 2 aromatic heterocycles. The quantitative estimate of drug-likeness (QED) is 0.478. The molecule has 0 atom stereocenters. The van der Waals surface area contributed by atoms with Gasteiger partial charge in [0, 0.05) is 16.3 Å². The van der Waals surface area contributed by atoms with Crippen molar-refractivity contribution in [3.05, 3.63) is 60.9 Å². The van der Waals surface area contributed by atoms with Crippen LogP contribution in [0.2, 0.25) is 0 Å². The minimum absolute atomic E-state index is 0.858. The fraction of sp³-hybridized carbons (Fsp3) is 0. The molecule has 0 aliphatic carbocycles. The summed E-state index contributed by atoms with van der Waals surface area (Å²) in [5.74, 6) is 0.858. The Morgan fingerprint density at radius 3 is 2.94 bits per heavy atom. The van der Waals surface area contributed by atoms with Crippen molar-refractivity contribution in [3.8, 4) is 11.3 Å². The number of furan rings is 2. The molecule has 0 aliphatic rings. The van der Waals surface area contributed by atoms with Crippen LogP contribution in [0, 0.1) is 6.07 Å². The van der Waals surface area contributed by atoms with E-state index >= 15 is 0 Å². The fourth-order valence-electron chi connectivity index (χ4n) is 2.27. The lowest BCUT2D eigenvalue weighted by atomic mass is 10.1. The van der Waals surface area contributed by atoms with Gasteiger partial charge < -0.3 is 8.83 Å². The van der Waals surface area contributed by atoms with Crippen LogP contribution in [-0.2, 0) is 0 Å². The maximum atomic E-state index is 5.87. The molecule has 2 heterocycles. The van der Waals surface area contributed by atoms with Gasteiger partial charge in [-0.1, -0.05) is 18.2 Å². The summed E-state index contributed by atoms with van der Waals surface area (Å²) in [5.41, 5.74) is 2.81. The molecule has 0 spiro atoms. The van der Waals surface area contributed by atoms with E-state index in [4.69, 9.17) is 8.83 Å². The van der Waals surface area contributed by atoms with Crippen molar-refractivity contribution in [2.24, 2.45) is 0 Å². The molecule has 0 aliphatic heterocycles. The van der Waals surface area contributed by atoms with Gasteiger partial charge in [0.15, 0.2) is 0 Å². The molecular weight excluding hydrogens is 224 g/mol. The molecule has 2 aromatic carbocycles. The summed E-state index contributed by atoms with van der Waals surface area (Å²) in [5, 5.41) is 2.13. The highest BCUT2D eigenvalue weighted by molar-refractivity contribution is 5.95. The molecule has 1 radical (unpaired) electrons. The van der Waals surface area contributed by atoms with Gasteiger partial charge in [0.2, 0.25) is 0 Å². The van der Waals surface area contributed by atoms with Crippen molar-refractivity contribution in [1.82, 2.24) is 0 Å². The van der Waals surface area contributed by atoms with E-state index in [0.717, 1.165) is 33.3 Å². The fourth-order valence-corrected chi connectivity index (χ4v) is 2.27. The average Bonchev–Trinajstić information content (AvgIpc) is 3.04. The zero-order valence-electron chi connectivity index (χ0n) is 9.51. The Morgan fingerprint density at radius 1 is 1.00 bits per heavy atom. The smallest absolute Gasteiger partial charge is 0.136 e. The van der Waals surface area contributed by atoms with Crippen LogP contribution in [0.15, 0.2) is 63.6 Å². The van der Waals surface area contributed by atoms with Crippen molar-refractivity contribution in [2.75, 3.05) is 0 Å². The molecule has 0 unspecified atom stereocenters. The second-order valence-corrected chi connectivity index (χ2v) is 4.21. The predicted molar refractivity (Wildman–Crippen MR) is 70.3 cm³/mol. The Hall–Kier alpha value is -2.48. The highest BCUT2D eigenvalue weighted by atomic mass is 16.3. The van der Waals surface area contributed by atoms with Crippen molar-refractivity contribution in [2.45, 2.75) is 0 Å². The first-order valence-corrected chi connectivity index (χ1v) is 5.78. The van der Waals surface area contributed by atoms with E-state index < -0.39 is 0 Å². The lowest BCUT2D eigenvalue weighted by Crippen LogP contribution is -1.73.